The molecule has 82 valence electrons. The molecular formula is C10H20N2S2. The molecule has 0 aromatic heterocycles. The summed E-state index contributed by atoms with van der Waals surface area (Å²) in [6.45, 7) is 4.53. The standard InChI is InChI=1S/C10H20N2S2/c1-3-5-7-10(6-4-2)14-12-11-8-9-13-12/h8-11H,3-7H2,1-2H3. The summed E-state index contributed by atoms with van der Waals surface area (Å²) in [6, 6.07) is 0. The minimum Gasteiger partial charge on any atom is -0.306 e. The second-order valence-corrected chi connectivity index (χ2v) is 5.77. The smallest absolute Gasteiger partial charge is 0.0223 e. The van der Waals surface area contributed by atoms with Crippen LogP contribution in [0.15, 0.2) is 11.6 Å². The zero-order chi connectivity index (χ0) is 10.2. The molecule has 1 N–H and O–H groups in total. The lowest BCUT2D eigenvalue weighted by molar-refractivity contribution is 0.607. The lowest BCUT2D eigenvalue weighted by atomic mass is 10.1. The Morgan fingerprint density at radius 2 is 2.21 bits per heavy atom. The molecule has 0 radical (unpaired) electrons. The van der Waals surface area contributed by atoms with Gasteiger partial charge in [0.15, 0.2) is 0 Å². The van der Waals surface area contributed by atoms with E-state index in [0.717, 1.165) is 5.25 Å². The molecule has 0 spiro atoms. The van der Waals surface area contributed by atoms with Gasteiger partial charge in [0.2, 0.25) is 0 Å². The van der Waals surface area contributed by atoms with E-state index in [1.54, 1.807) is 11.9 Å². The van der Waals surface area contributed by atoms with Crippen LogP contribution in [0.1, 0.15) is 46.0 Å². The third-order valence-electron chi connectivity index (χ3n) is 2.14. The Labute approximate surface area is 96.1 Å². The van der Waals surface area contributed by atoms with Crippen LogP contribution in [0.2, 0.25) is 0 Å². The average molecular weight is 232 g/mol. The van der Waals surface area contributed by atoms with Crippen LogP contribution >= 0.6 is 23.9 Å². The summed E-state index contributed by atoms with van der Waals surface area (Å²) in [5.41, 5.74) is 3.20. The van der Waals surface area contributed by atoms with Crippen LogP contribution in [0.25, 0.3) is 0 Å². The lowest BCUT2D eigenvalue weighted by Gasteiger charge is -2.20. The van der Waals surface area contributed by atoms with Crippen molar-refractivity contribution in [3.8, 4) is 0 Å². The molecule has 0 bridgehead atoms. The van der Waals surface area contributed by atoms with Crippen molar-refractivity contribution in [1.82, 2.24) is 9.25 Å². The van der Waals surface area contributed by atoms with Gasteiger partial charge >= 0.3 is 0 Å². The van der Waals surface area contributed by atoms with Gasteiger partial charge in [-0.25, -0.2) is 0 Å². The number of rotatable bonds is 7. The first-order valence-corrected chi connectivity index (χ1v) is 7.09. The molecular weight excluding hydrogens is 212 g/mol. The van der Waals surface area contributed by atoms with Crippen LogP contribution in [0.5, 0.6) is 0 Å². The van der Waals surface area contributed by atoms with Gasteiger partial charge in [-0.15, -0.1) is 3.82 Å². The van der Waals surface area contributed by atoms with Gasteiger partial charge in [0, 0.05) is 16.9 Å². The Bertz CT molecular complexity index is 166. The van der Waals surface area contributed by atoms with E-state index in [4.69, 9.17) is 0 Å². The number of nitrogens with one attached hydrogen (secondary N) is 1. The first-order valence-electron chi connectivity index (χ1n) is 5.41. The molecule has 1 aliphatic rings. The number of hydrogen-bond donors (Lipinski definition) is 1. The summed E-state index contributed by atoms with van der Waals surface area (Å²) in [5, 5.41) is 2.86. The number of unbranched alkanes of at least 4 members (excludes halogenated alkanes) is 1. The molecule has 1 unspecified atom stereocenters. The monoisotopic (exact) mass is 232 g/mol. The Kier molecular flexibility index (Phi) is 6.56. The molecule has 0 aromatic carbocycles. The zero-order valence-corrected chi connectivity index (χ0v) is 10.7. The Balaban J connectivity index is 2.19. The van der Waals surface area contributed by atoms with Crippen molar-refractivity contribution in [2.24, 2.45) is 0 Å². The quantitative estimate of drug-likeness (QED) is 0.669. The summed E-state index contributed by atoms with van der Waals surface area (Å²) in [4.78, 5) is 0. The maximum absolute atomic E-state index is 3.20. The fourth-order valence-electron chi connectivity index (χ4n) is 1.40. The molecule has 1 atom stereocenters. The highest BCUT2D eigenvalue weighted by Crippen LogP contribution is 2.31. The molecule has 1 rings (SSSR count). The molecule has 0 amide bonds. The molecule has 0 saturated carbocycles. The van der Waals surface area contributed by atoms with Gasteiger partial charge < -0.3 is 5.43 Å². The fraction of sp³-hybridized carbons (Fsp3) is 0.800. The average Bonchev–Trinajstić information content (AvgIpc) is 2.67. The maximum Gasteiger partial charge on any atom is 0.0223 e. The highest BCUT2D eigenvalue weighted by molar-refractivity contribution is 8.13. The van der Waals surface area contributed by atoms with E-state index in [2.05, 4.69) is 28.5 Å². The van der Waals surface area contributed by atoms with E-state index in [1.807, 2.05) is 18.1 Å². The van der Waals surface area contributed by atoms with E-state index < -0.39 is 0 Å². The van der Waals surface area contributed by atoms with Crippen molar-refractivity contribution < 1.29 is 0 Å². The fourth-order valence-corrected chi connectivity index (χ4v) is 3.47. The van der Waals surface area contributed by atoms with E-state index in [1.165, 1.54) is 32.1 Å². The Morgan fingerprint density at radius 3 is 2.79 bits per heavy atom. The van der Waals surface area contributed by atoms with E-state index in [-0.39, 0.29) is 0 Å². The van der Waals surface area contributed by atoms with Gasteiger partial charge in [-0.1, -0.05) is 33.1 Å². The van der Waals surface area contributed by atoms with Crippen LogP contribution in [-0.2, 0) is 0 Å². The SMILES string of the molecule is CCCCC(CCC)SN1NC=CS1. The van der Waals surface area contributed by atoms with Gasteiger partial charge in [-0.3, -0.25) is 0 Å². The predicted octanol–water partition coefficient (Wildman–Crippen LogP) is 3.93. The molecule has 14 heavy (non-hydrogen) atoms. The summed E-state index contributed by atoms with van der Waals surface area (Å²) < 4.78 is 2.15. The molecule has 0 saturated heterocycles. The largest absolute Gasteiger partial charge is 0.306 e. The molecule has 2 nitrogen and oxygen atoms in total. The predicted molar refractivity (Wildman–Crippen MR) is 67.5 cm³/mol. The van der Waals surface area contributed by atoms with Crippen molar-refractivity contribution in [2.75, 3.05) is 0 Å². The summed E-state index contributed by atoms with van der Waals surface area (Å²) >= 11 is 3.67. The topological polar surface area (TPSA) is 15.3 Å². The second-order valence-electron chi connectivity index (χ2n) is 3.45. The van der Waals surface area contributed by atoms with E-state index in [0.29, 0.717) is 0 Å². The minimum absolute atomic E-state index is 0.778. The molecule has 0 aromatic rings. The van der Waals surface area contributed by atoms with Crippen molar-refractivity contribution in [3.05, 3.63) is 11.6 Å². The third-order valence-corrected chi connectivity index (χ3v) is 4.28. The second kappa shape index (κ2) is 7.49. The summed E-state index contributed by atoms with van der Waals surface area (Å²) in [7, 11) is 0. The summed E-state index contributed by atoms with van der Waals surface area (Å²) in [6.07, 6.45) is 8.59. The first-order chi connectivity index (χ1) is 6.86. The van der Waals surface area contributed by atoms with Crippen molar-refractivity contribution in [3.63, 3.8) is 0 Å². The Morgan fingerprint density at radius 1 is 1.36 bits per heavy atom. The number of nitrogens with zero attached hydrogens (tertiary/aromatic N) is 1. The van der Waals surface area contributed by atoms with Crippen LogP contribution in [-0.4, -0.2) is 9.07 Å². The van der Waals surface area contributed by atoms with Crippen molar-refractivity contribution in [1.29, 1.82) is 0 Å². The summed E-state index contributed by atoms with van der Waals surface area (Å²) in [5.74, 6) is 0. The number of hydrogen-bond acceptors (Lipinski definition) is 4. The van der Waals surface area contributed by atoms with Crippen LogP contribution < -0.4 is 5.43 Å². The van der Waals surface area contributed by atoms with Crippen molar-refractivity contribution in [2.45, 2.75) is 51.2 Å². The van der Waals surface area contributed by atoms with Gasteiger partial charge in [-0.2, -0.15) is 0 Å². The molecule has 4 heteroatoms. The highest BCUT2D eigenvalue weighted by atomic mass is 32.2. The van der Waals surface area contributed by atoms with E-state index >= 15 is 0 Å². The van der Waals surface area contributed by atoms with Gasteiger partial charge in [0.1, 0.15) is 0 Å². The third kappa shape index (κ3) is 4.62. The Hall–Kier alpha value is 0.200. The van der Waals surface area contributed by atoms with Gasteiger partial charge in [0.05, 0.1) is 0 Å². The molecule has 1 aliphatic heterocycles. The normalized spacial score (nSPS) is 18.4. The van der Waals surface area contributed by atoms with E-state index in [9.17, 15) is 0 Å². The van der Waals surface area contributed by atoms with Crippen LogP contribution in [0.4, 0.5) is 0 Å². The molecule has 1 heterocycles. The van der Waals surface area contributed by atoms with Crippen molar-refractivity contribution >= 4 is 23.9 Å². The van der Waals surface area contributed by atoms with Gasteiger partial charge in [0.25, 0.3) is 0 Å². The maximum atomic E-state index is 3.20. The van der Waals surface area contributed by atoms with Crippen LogP contribution in [0, 0.1) is 0 Å². The first kappa shape index (κ1) is 12.3. The zero-order valence-electron chi connectivity index (χ0n) is 9.03. The number of hydrazine groups is 1. The molecule has 0 aliphatic carbocycles. The lowest BCUT2D eigenvalue weighted by Crippen LogP contribution is -2.20. The van der Waals surface area contributed by atoms with Gasteiger partial charge in [-0.05, 0) is 36.7 Å². The highest BCUT2D eigenvalue weighted by Gasteiger charge is 2.15. The van der Waals surface area contributed by atoms with Crippen LogP contribution in [0.3, 0.4) is 0 Å². The minimum atomic E-state index is 0.778. The molecule has 0 fully saturated rings.